The Morgan fingerprint density at radius 1 is 0.540 bits per heavy atom. The minimum absolute atomic E-state index is 0.686. The second-order valence-corrected chi connectivity index (χ2v) is 16.2. The highest BCUT2D eigenvalue weighted by Gasteiger charge is 2.24. The number of anilines is 2. The molecule has 5 heteroatoms. The predicted molar refractivity (Wildman–Crippen MR) is 261 cm³/mol. The van der Waals surface area contributed by atoms with Crippen molar-refractivity contribution in [2.75, 3.05) is 4.90 Å². The van der Waals surface area contributed by atoms with E-state index in [4.69, 9.17) is 14.4 Å². The first-order chi connectivity index (χ1) is 31.1. The molecule has 12 rings (SSSR count). The smallest absolute Gasteiger partial charge is 0.160 e. The Labute approximate surface area is 365 Å². The lowest BCUT2D eigenvalue weighted by molar-refractivity contribution is 0.668. The second kappa shape index (κ2) is 15.0. The third kappa shape index (κ3) is 6.33. The molecule has 0 fully saturated rings. The first kappa shape index (κ1) is 36.6. The van der Waals surface area contributed by atoms with Crippen LogP contribution in [0, 0.1) is 0 Å². The average molecular weight is 809 g/mol. The summed E-state index contributed by atoms with van der Waals surface area (Å²) in [5.41, 5.74) is 17.9. The largest absolute Gasteiger partial charge is 0.455 e. The molecule has 3 aromatic heterocycles. The zero-order chi connectivity index (χ0) is 41.9. The lowest BCUT2D eigenvalue weighted by atomic mass is 9.90. The summed E-state index contributed by atoms with van der Waals surface area (Å²) in [5, 5.41) is 3.45. The van der Waals surface area contributed by atoms with E-state index in [0.29, 0.717) is 5.82 Å². The number of fused-ring (bicyclic) bond motifs is 8. The number of aromatic nitrogens is 3. The fourth-order valence-electron chi connectivity index (χ4n) is 9.44. The number of hydrogen-bond acceptors (Lipinski definition) is 4. The Bertz CT molecular complexity index is 3460. The van der Waals surface area contributed by atoms with Gasteiger partial charge in [-0.25, -0.2) is 9.97 Å². The van der Waals surface area contributed by atoms with Gasteiger partial charge in [0.25, 0.3) is 0 Å². The standard InChI is InChI=1S/C58H40N4O/c1-38-16-13-14-33-61(45-24-15-21-43(34-45)51-37-50(39-17-5-2-6-18-39)59-58(60-51)40-19-7-3-8-20-40)54-31-29-47-49-36-42(28-32-55(49)63-57(47)56(38)54)41-27-30-53-48(35-41)46-25-11-12-26-52(46)62(53)44-22-9-4-10-23-44/h2-26,28-29,31-37H,1,27,30H2/b16-13-,33-14-. The van der Waals surface area contributed by atoms with Crippen molar-refractivity contribution in [2.45, 2.75) is 12.8 Å². The van der Waals surface area contributed by atoms with Gasteiger partial charge >= 0.3 is 0 Å². The zero-order valence-corrected chi connectivity index (χ0v) is 34.4. The Morgan fingerprint density at radius 2 is 1.25 bits per heavy atom. The first-order valence-corrected chi connectivity index (χ1v) is 21.5. The fraction of sp³-hybridized carbons (Fsp3) is 0.0345. The minimum atomic E-state index is 0.686. The molecule has 0 bridgehead atoms. The monoisotopic (exact) mass is 808 g/mol. The van der Waals surface area contributed by atoms with E-state index in [1.54, 1.807) is 0 Å². The van der Waals surface area contributed by atoms with Gasteiger partial charge in [-0.1, -0.05) is 134 Å². The van der Waals surface area contributed by atoms with Crippen molar-refractivity contribution in [3.63, 3.8) is 0 Å². The SMILES string of the molecule is C=C1/C=C\C=C/N(c2cccc(-c3cc(-c4ccccc4)nc(-c4ccccc4)n3)c2)c2ccc3c(oc4ccc(C5=Cc6c(n(-c7ccccc7)c7ccccc67)CC5)cc43)c21. The summed E-state index contributed by atoms with van der Waals surface area (Å²) in [6.45, 7) is 4.57. The van der Waals surface area contributed by atoms with Crippen LogP contribution in [0.5, 0.6) is 0 Å². The Hall–Kier alpha value is -8.28. The van der Waals surface area contributed by atoms with E-state index < -0.39 is 0 Å². The summed E-state index contributed by atoms with van der Waals surface area (Å²) in [5.74, 6) is 0.686. The maximum absolute atomic E-state index is 6.83. The van der Waals surface area contributed by atoms with Crippen molar-refractivity contribution >= 4 is 61.4 Å². The number of furan rings is 1. The molecule has 0 saturated heterocycles. The van der Waals surface area contributed by atoms with Crippen molar-refractivity contribution in [2.24, 2.45) is 0 Å². The van der Waals surface area contributed by atoms with Crippen molar-refractivity contribution in [1.82, 2.24) is 14.5 Å². The molecule has 0 N–H and O–H groups in total. The van der Waals surface area contributed by atoms with Crippen LogP contribution in [0.4, 0.5) is 11.4 Å². The molecule has 0 atom stereocenters. The molecular formula is C58H40N4O. The van der Waals surface area contributed by atoms with Gasteiger partial charge in [0.05, 0.1) is 22.6 Å². The van der Waals surface area contributed by atoms with Crippen LogP contribution in [0.1, 0.15) is 28.8 Å². The van der Waals surface area contributed by atoms with E-state index in [1.807, 2.05) is 42.5 Å². The molecule has 7 aromatic carbocycles. The Balaban J connectivity index is 0.948. The molecule has 0 unspecified atom stereocenters. The number of para-hydroxylation sites is 2. The molecule has 0 saturated carbocycles. The number of rotatable bonds is 6. The predicted octanol–water partition coefficient (Wildman–Crippen LogP) is 15.0. The van der Waals surface area contributed by atoms with Gasteiger partial charge in [-0.2, -0.15) is 0 Å². The summed E-state index contributed by atoms with van der Waals surface area (Å²) in [4.78, 5) is 12.4. The summed E-state index contributed by atoms with van der Waals surface area (Å²) in [7, 11) is 0. The molecule has 1 aliphatic heterocycles. The average Bonchev–Trinajstić information content (AvgIpc) is 3.89. The Kier molecular flexibility index (Phi) is 8.71. The maximum Gasteiger partial charge on any atom is 0.160 e. The molecule has 0 amide bonds. The highest BCUT2D eigenvalue weighted by molar-refractivity contribution is 6.12. The topological polar surface area (TPSA) is 47.1 Å². The molecule has 0 radical (unpaired) electrons. The third-order valence-corrected chi connectivity index (χ3v) is 12.4. The van der Waals surface area contributed by atoms with Crippen LogP contribution in [-0.4, -0.2) is 14.5 Å². The van der Waals surface area contributed by atoms with Crippen molar-refractivity contribution < 1.29 is 4.42 Å². The summed E-state index contributed by atoms with van der Waals surface area (Å²) in [6, 6.07) is 61.7. The van der Waals surface area contributed by atoms with E-state index in [-0.39, 0.29) is 0 Å². The van der Waals surface area contributed by atoms with Crippen LogP contribution >= 0.6 is 0 Å². The highest BCUT2D eigenvalue weighted by atomic mass is 16.3. The molecule has 4 heterocycles. The minimum Gasteiger partial charge on any atom is -0.455 e. The second-order valence-electron chi connectivity index (χ2n) is 16.2. The lowest BCUT2D eigenvalue weighted by Crippen LogP contribution is -2.11. The molecule has 5 nitrogen and oxygen atoms in total. The van der Waals surface area contributed by atoms with Gasteiger partial charge in [0.15, 0.2) is 5.82 Å². The van der Waals surface area contributed by atoms with E-state index in [2.05, 4.69) is 180 Å². The van der Waals surface area contributed by atoms with Crippen LogP contribution in [0.15, 0.2) is 211 Å². The highest BCUT2D eigenvalue weighted by Crippen LogP contribution is 2.45. The molecule has 10 aromatic rings. The van der Waals surface area contributed by atoms with Crippen LogP contribution in [-0.2, 0) is 6.42 Å². The first-order valence-electron chi connectivity index (χ1n) is 21.5. The van der Waals surface area contributed by atoms with E-state index >= 15 is 0 Å². The molecule has 298 valence electrons. The van der Waals surface area contributed by atoms with Gasteiger partial charge in [0.1, 0.15) is 11.2 Å². The lowest BCUT2D eigenvalue weighted by Gasteiger charge is -2.25. The van der Waals surface area contributed by atoms with Crippen LogP contribution < -0.4 is 4.90 Å². The molecular weight excluding hydrogens is 769 g/mol. The molecule has 63 heavy (non-hydrogen) atoms. The van der Waals surface area contributed by atoms with Gasteiger partial charge < -0.3 is 13.9 Å². The summed E-state index contributed by atoms with van der Waals surface area (Å²) in [6.07, 6.45) is 12.6. The third-order valence-electron chi connectivity index (χ3n) is 12.4. The quantitative estimate of drug-likeness (QED) is 0.168. The molecule has 2 aliphatic rings. The van der Waals surface area contributed by atoms with Crippen LogP contribution in [0.2, 0.25) is 0 Å². The van der Waals surface area contributed by atoms with Crippen LogP contribution in [0.25, 0.3) is 89.7 Å². The normalized spacial score (nSPS) is 14.6. The molecule has 1 aliphatic carbocycles. The van der Waals surface area contributed by atoms with Crippen molar-refractivity contribution in [1.29, 1.82) is 0 Å². The van der Waals surface area contributed by atoms with E-state index in [9.17, 15) is 0 Å². The van der Waals surface area contributed by atoms with Gasteiger partial charge in [-0.05, 0) is 102 Å². The number of benzene rings is 7. The summed E-state index contributed by atoms with van der Waals surface area (Å²) < 4.78 is 9.27. The van der Waals surface area contributed by atoms with Crippen molar-refractivity contribution in [3.05, 3.63) is 229 Å². The van der Waals surface area contributed by atoms with Gasteiger partial charge in [0.2, 0.25) is 0 Å². The molecule has 0 spiro atoms. The number of nitrogens with zero attached hydrogens (tertiary/aromatic N) is 4. The van der Waals surface area contributed by atoms with Crippen molar-refractivity contribution in [3.8, 4) is 39.6 Å². The van der Waals surface area contributed by atoms with E-state index in [1.165, 1.54) is 39.0 Å². The van der Waals surface area contributed by atoms with Gasteiger partial charge in [-0.3, -0.25) is 0 Å². The zero-order valence-electron chi connectivity index (χ0n) is 34.4. The van der Waals surface area contributed by atoms with Crippen LogP contribution in [0.3, 0.4) is 0 Å². The summed E-state index contributed by atoms with van der Waals surface area (Å²) >= 11 is 0. The van der Waals surface area contributed by atoms with E-state index in [0.717, 1.165) is 85.4 Å². The maximum atomic E-state index is 6.83. The number of allylic oxidation sites excluding steroid dienone is 5. The number of hydrogen-bond donors (Lipinski definition) is 0. The fourth-order valence-corrected chi connectivity index (χ4v) is 9.44. The van der Waals surface area contributed by atoms with Gasteiger partial charge in [-0.15, -0.1) is 0 Å². The Morgan fingerprint density at radius 3 is 2.08 bits per heavy atom. The van der Waals surface area contributed by atoms with Gasteiger partial charge in [0, 0.05) is 67.2 Å².